The fraction of sp³-hybridized carbons (Fsp3) is 0.667. The van der Waals surface area contributed by atoms with Gasteiger partial charge < -0.3 is 4.74 Å². The normalized spacial score (nSPS) is 20.4. The first-order chi connectivity index (χ1) is 11.4. The van der Waals surface area contributed by atoms with Gasteiger partial charge in [-0.2, -0.15) is 0 Å². The summed E-state index contributed by atoms with van der Waals surface area (Å²) in [4.78, 5) is 5.22. The van der Waals surface area contributed by atoms with Gasteiger partial charge in [-0.15, -0.1) is 0 Å². The van der Waals surface area contributed by atoms with E-state index in [2.05, 4.69) is 35.7 Å². The van der Waals surface area contributed by atoms with E-state index in [9.17, 15) is 4.39 Å². The smallest absolute Gasteiger partial charge is 0.123 e. The minimum absolute atomic E-state index is 0.107. The van der Waals surface area contributed by atoms with Gasteiger partial charge in [0, 0.05) is 29.5 Å². The van der Waals surface area contributed by atoms with E-state index in [0.717, 1.165) is 31.5 Å². The average molecular weight is 334 g/mol. The predicted octanol–water partition coefficient (Wildman–Crippen LogP) is 4.70. The van der Waals surface area contributed by atoms with Crippen molar-refractivity contribution >= 4 is 0 Å². The van der Waals surface area contributed by atoms with E-state index in [4.69, 9.17) is 10.3 Å². The van der Waals surface area contributed by atoms with Crippen molar-refractivity contribution in [3.8, 4) is 0 Å². The summed E-state index contributed by atoms with van der Waals surface area (Å²) in [5, 5.41) is 3.53. The first kappa shape index (κ1) is 18.7. The Labute approximate surface area is 143 Å². The third-order valence-corrected chi connectivity index (χ3v) is 4.56. The van der Waals surface area contributed by atoms with Gasteiger partial charge in [-0.3, -0.25) is 4.90 Å². The highest BCUT2D eigenvalue weighted by molar-refractivity contribution is 5.20. The molecule has 2 rings (SSSR count). The number of piperidine rings is 1. The summed E-state index contributed by atoms with van der Waals surface area (Å²) in [5.41, 5.74) is 9.37. The van der Waals surface area contributed by atoms with E-state index in [-0.39, 0.29) is 24.0 Å². The standard InChI is InChI=1S/C18H27FN4O/c1-18(2,3)23-10-5-7-15(13-23)17(24-11-9-21-22-20)14-6-4-8-16(19)12-14/h4,6,8,12,15,17H,5,7,9-11,13H2,1-3H3. The Morgan fingerprint density at radius 3 is 2.92 bits per heavy atom. The monoisotopic (exact) mass is 334 g/mol. The second-order valence-corrected chi connectivity index (χ2v) is 7.32. The third-order valence-electron chi connectivity index (χ3n) is 4.56. The van der Waals surface area contributed by atoms with Crippen molar-refractivity contribution in [1.29, 1.82) is 0 Å². The molecular weight excluding hydrogens is 307 g/mol. The summed E-state index contributed by atoms with van der Waals surface area (Å²) in [6, 6.07) is 6.63. The molecule has 1 heterocycles. The number of hydrogen-bond donors (Lipinski definition) is 0. The predicted molar refractivity (Wildman–Crippen MR) is 93.2 cm³/mol. The summed E-state index contributed by atoms with van der Waals surface area (Å²) >= 11 is 0. The maximum Gasteiger partial charge on any atom is 0.123 e. The highest BCUT2D eigenvalue weighted by Crippen LogP contribution is 2.35. The van der Waals surface area contributed by atoms with Gasteiger partial charge in [0.15, 0.2) is 0 Å². The fourth-order valence-electron chi connectivity index (χ4n) is 3.32. The van der Waals surface area contributed by atoms with E-state index >= 15 is 0 Å². The van der Waals surface area contributed by atoms with Gasteiger partial charge in [-0.1, -0.05) is 17.2 Å². The first-order valence-electron chi connectivity index (χ1n) is 8.55. The second kappa shape index (κ2) is 8.47. The zero-order valence-corrected chi connectivity index (χ0v) is 14.8. The van der Waals surface area contributed by atoms with Crippen LogP contribution in [-0.4, -0.2) is 36.7 Å². The van der Waals surface area contributed by atoms with Crippen molar-refractivity contribution in [2.75, 3.05) is 26.2 Å². The van der Waals surface area contributed by atoms with Crippen LogP contribution in [0.15, 0.2) is 29.4 Å². The van der Waals surface area contributed by atoms with Crippen molar-refractivity contribution in [3.05, 3.63) is 46.1 Å². The number of rotatable bonds is 6. The molecule has 0 N–H and O–H groups in total. The van der Waals surface area contributed by atoms with Crippen LogP contribution in [0, 0.1) is 11.7 Å². The van der Waals surface area contributed by atoms with E-state index in [1.807, 2.05) is 6.07 Å². The topological polar surface area (TPSA) is 61.2 Å². The molecule has 0 spiro atoms. The number of azide groups is 1. The van der Waals surface area contributed by atoms with Crippen molar-refractivity contribution in [1.82, 2.24) is 4.90 Å². The van der Waals surface area contributed by atoms with Crippen molar-refractivity contribution in [2.24, 2.45) is 11.0 Å². The van der Waals surface area contributed by atoms with Gasteiger partial charge in [0.25, 0.3) is 0 Å². The fourth-order valence-corrected chi connectivity index (χ4v) is 3.32. The molecule has 1 fully saturated rings. The molecule has 1 saturated heterocycles. The zero-order valence-electron chi connectivity index (χ0n) is 14.8. The molecule has 0 radical (unpaired) electrons. The molecule has 24 heavy (non-hydrogen) atoms. The zero-order chi connectivity index (χ0) is 17.6. The minimum atomic E-state index is -0.250. The summed E-state index contributed by atoms with van der Waals surface area (Å²) in [6.07, 6.45) is 1.97. The molecule has 0 amide bonds. The van der Waals surface area contributed by atoms with Gasteiger partial charge in [-0.05, 0) is 63.4 Å². The highest BCUT2D eigenvalue weighted by Gasteiger charge is 2.33. The maximum absolute atomic E-state index is 13.7. The molecule has 0 saturated carbocycles. The van der Waals surface area contributed by atoms with Crippen LogP contribution in [0.3, 0.4) is 0 Å². The number of hydrogen-bond acceptors (Lipinski definition) is 3. The largest absolute Gasteiger partial charge is 0.373 e. The van der Waals surface area contributed by atoms with Crippen LogP contribution in [0.25, 0.3) is 10.4 Å². The summed E-state index contributed by atoms with van der Waals surface area (Å²) < 4.78 is 19.7. The third kappa shape index (κ3) is 5.20. The van der Waals surface area contributed by atoms with Crippen LogP contribution in [0.5, 0.6) is 0 Å². The van der Waals surface area contributed by atoms with Crippen molar-refractivity contribution in [2.45, 2.75) is 45.3 Å². The van der Waals surface area contributed by atoms with E-state index in [1.165, 1.54) is 6.07 Å². The summed E-state index contributed by atoms with van der Waals surface area (Å²) in [7, 11) is 0. The molecule has 1 aliphatic rings. The summed E-state index contributed by atoms with van der Waals surface area (Å²) in [5.74, 6) is 0.0467. The van der Waals surface area contributed by atoms with Crippen molar-refractivity contribution in [3.63, 3.8) is 0 Å². The number of nitrogens with zero attached hydrogens (tertiary/aromatic N) is 4. The first-order valence-corrected chi connectivity index (χ1v) is 8.55. The molecular formula is C18H27FN4O. The Morgan fingerprint density at radius 2 is 2.25 bits per heavy atom. The Balaban J connectivity index is 2.16. The van der Waals surface area contributed by atoms with Crippen molar-refractivity contribution < 1.29 is 9.13 Å². The quantitative estimate of drug-likeness (QED) is 0.327. The molecule has 5 nitrogen and oxygen atoms in total. The molecule has 2 atom stereocenters. The minimum Gasteiger partial charge on any atom is -0.373 e. The van der Waals surface area contributed by atoms with Crippen LogP contribution < -0.4 is 0 Å². The Kier molecular flexibility index (Phi) is 6.60. The van der Waals surface area contributed by atoms with Gasteiger partial charge in [0.05, 0.1) is 12.7 Å². The highest BCUT2D eigenvalue weighted by atomic mass is 19.1. The second-order valence-electron chi connectivity index (χ2n) is 7.32. The van der Waals surface area contributed by atoms with Gasteiger partial charge in [-0.25, -0.2) is 4.39 Å². The lowest BCUT2D eigenvalue weighted by atomic mass is 9.86. The molecule has 132 valence electrons. The number of ether oxygens (including phenoxy) is 1. The van der Waals surface area contributed by atoms with Crippen LogP contribution in [0.2, 0.25) is 0 Å². The van der Waals surface area contributed by atoms with Gasteiger partial charge in [0.2, 0.25) is 0 Å². The SMILES string of the molecule is CC(C)(C)N1CCCC(C(OCCN=[N+]=[N-])c2cccc(F)c2)C1. The van der Waals surface area contributed by atoms with Crippen LogP contribution in [0.1, 0.15) is 45.3 Å². The lowest BCUT2D eigenvalue weighted by Crippen LogP contribution is -2.48. The number of likely N-dealkylation sites (tertiary alicyclic amines) is 1. The van der Waals surface area contributed by atoms with Gasteiger partial charge >= 0.3 is 0 Å². The molecule has 1 aromatic rings. The Morgan fingerprint density at radius 1 is 1.46 bits per heavy atom. The van der Waals surface area contributed by atoms with E-state index in [1.54, 1.807) is 12.1 Å². The molecule has 0 aromatic heterocycles. The molecule has 2 unspecified atom stereocenters. The maximum atomic E-state index is 13.7. The molecule has 1 aliphatic heterocycles. The molecule has 1 aromatic carbocycles. The van der Waals surface area contributed by atoms with Crippen LogP contribution >= 0.6 is 0 Å². The lowest BCUT2D eigenvalue weighted by molar-refractivity contribution is -0.0288. The molecule has 0 bridgehead atoms. The Hall–Kier alpha value is -1.62. The molecule has 0 aliphatic carbocycles. The Bertz CT molecular complexity index is 581. The van der Waals surface area contributed by atoms with Crippen LogP contribution in [0.4, 0.5) is 4.39 Å². The average Bonchev–Trinajstić information content (AvgIpc) is 2.54. The lowest BCUT2D eigenvalue weighted by Gasteiger charge is -2.43. The van der Waals surface area contributed by atoms with E-state index < -0.39 is 0 Å². The van der Waals surface area contributed by atoms with E-state index in [0.29, 0.717) is 12.5 Å². The van der Waals surface area contributed by atoms with Crippen LogP contribution in [-0.2, 0) is 4.74 Å². The summed E-state index contributed by atoms with van der Waals surface area (Å²) in [6.45, 7) is 9.29. The van der Waals surface area contributed by atoms with Gasteiger partial charge in [0.1, 0.15) is 5.82 Å². The number of halogens is 1. The molecule has 6 heteroatoms. The number of benzene rings is 1.